The van der Waals surface area contributed by atoms with Gasteiger partial charge in [0.05, 0.1) is 36.0 Å². The molecule has 12 nitrogen and oxygen atoms in total. The summed E-state index contributed by atoms with van der Waals surface area (Å²) in [5.41, 5.74) is 6.40. The van der Waals surface area contributed by atoms with Crippen molar-refractivity contribution in [2.75, 3.05) is 13.1 Å². The normalized spacial score (nSPS) is 11.4. The van der Waals surface area contributed by atoms with Gasteiger partial charge >= 0.3 is 0 Å². The minimum atomic E-state index is -0.285. The Morgan fingerprint density at radius 2 is 1.03 bits per heavy atom. The summed E-state index contributed by atoms with van der Waals surface area (Å²) >= 11 is 3.42. The molecule has 0 bridgehead atoms. The number of fused-ring (bicyclic) bond motifs is 2. The van der Waals surface area contributed by atoms with E-state index in [1.54, 1.807) is 74.0 Å². The predicted octanol–water partition coefficient (Wildman–Crippen LogP) is 9.52. The smallest absolute Gasteiger partial charge is 0.197 e. The van der Waals surface area contributed by atoms with Gasteiger partial charge in [-0.05, 0) is 102 Å². The number of rotatable bonds is 17. The number of benzene rings is 3. The lowest BCUT2D eigenvalue weighted by molar-refractivity contribution is 0.246. The molecule has 3 aromatic carbocycles. The quantitative estimate of drug-likeness (QED) is 0.0872. The molecule has 0 spiro atoms. The fourth-order valence-electron chi connectivity index (χ4n) is 7.55. The van der Waals surface area contributed by atoms with E-state index in [0.29, 0.717) is 52.7 Å². The first-order chi connectivity index (χ1) is 31.3. The first-order valence-corrected chi connectivity index (χ1v) is 21.8. The molecule has 0 aliphatic rings. The second-order valence-corrected chi connectivity index (χ2v) is 16.4. The predicted molar refractivity (Wildman–Crippen MR) is 248 cm³/mol. The van der Waals surface area contributed by atoms with Gasteiger partial charge in [0.25, 0.3) is 0 Å². The highest BCUT2D eigenvalue weighted by molar-refractivity contribution is 9.10. The Balaban J connectivity index is 0.000000178. The molecule has 6 heterocycles. The fourth-order valence-corrected chi connectivity index (χ4v) is 7.89. The SMILES string of the molecule is O=c1c(CN(CCCn2ccnc2)Cc2ccncc2)coc2cc(-c3ccc(F)cc3)ccc12.O=c1c(CN(CCCn2ccnc2)Cc2ccncc2)coc2cc(Br)ccc12. The molecule has 9 rings (SSSR count). The minimum Gasteiger partial charge on any atom is -0.464 e. The van der Waals surface area contributed by atoms with Crippen LogP contribution in [0.25, 0.3) is 33.1 Å². The highest BCUT2D eigenvalue weighted by atomic mass is 79.9. The molecule has 0 saturated heterocycles. The maximum Gasteiger partial charge on any atom is 0.197 e. The summed E-state index contributed by atoms with van der Waals surface area (Å²) in [5, 5.41) is 1.14. The van der Waals surface area contributed by atoms with Crippen molar-refractivity contribution in [1.29, 1.82) is 0 Å². The summed E-state index contributed by atoms with van der Waals surface area (Å²) in [5.74, 6) is -0.285. The van der Waals surface area contributed by atoms with Crippen molar-refractivity contribution in [1.82, 2.24) is 38.9 Å². The zero-order valence-electron chi connectivity index (χ0n) is 35.0. The summed E-state index contributed by atoms with van der Waals surface area (Å²) in [4.78, 5) is 47.2. The van der Waals surface area contributed by atoms with Crippen molar-refractivity contribution in [3.8, 4) is 11.1 Å². The number of hydrogen-bond acceptors (Lipinski definition) is 10. The largest absolute Gasteiger partial charge is 0.464 e. The van der Waals surface area contributed by atoms with Gasteiger partial charge in [-0.1, -0.05) is 34.1 Å². The molecule has 0 N–H and O–H groups in total. The molecule has 324 valence electrons. The first kappa shape index (κ1) is 43.8. The van der Waals surface area contributed by atoms with E-state index in [0.717, 1.165) is 72.3 Å². The molecule has 14 heteroatoms. The molecule has 0 aliphatic carbocycles. The van der Waals surface area contributed by atoms with Crippen LogP contribution in [-0.4, -0.2) is 52.0 Å². The van der Waals surface area contributed by atoms with Crippen molar-refractivity contribution in [3.63, 3.8) is 0 Å². The molecule has 9 aromatic rings. The van der Waals surface area contributed by atoms with E-state index in [-0.39, 0.29) is 16.7 Å². The maximum absolute atomic E-state index is 13.3. The molecule has 0 unspecified atom stereocenters. The lowest BCUT2D eigenvalue weighted by atomic mass is 10.0. The number of pyridine rings is 2. The highest BCUT2D eigenvalue weighted by Crippen LogP contribution is 2.25. The van der Waals surface area contributed by atoms with Crippen molar-refractivity contribution < 1.29 is 13.2 Å². The lowest BCUT2D eigenvalue weighted by Crippen LogP contribution is -2.27. The third-order valence-corrected chi connectivity index (χ3v) is 11.3. The molecule has 0 aliphatic heterocycles. The van der Waals surface area contributed by atoms with Gasteiger partial charge < -0.3 is 18.0 Å². The van der Waals surface area contributed by atoms with Gasteiger partial charge in [-0.15, -0.1) is 0 Å². The molecule has 0 amide bonds. The topological polar surface area (TPSA) is 128 Å². The zero-order chi connectivity index (χ0) is 44.1. The molecule has 6 aromatic heterocycles. The van der Waals surface area contributed by atoms with Gasteiger partial charge in [-0.3, -0.25) is 29.4 Å². The van der Waals surface area contributed by atoms with Crippen molar-refractivity contribution in [2.24, 2.45) is 0 Å². The standard InChI is InChI=1S/C28H25FN4O2.C22H21BrN4O2/c29-25-5-2-22(3-6-25)23-4-7-26-27(16-23)35-19-24(28(26)34)18-33(17-21-8-10-30-11-9-21)14-1-13-32-15-12-31-20-32;23-19-2-3-20-21(12-19)29-15-18(22(20)28)14-27(13-17-4-6-24-7-5-17)10-1-9-26-11-8-25-16-26/h2-12,15-16,19-20H,1,13-14,17-18H2;2-8,11-12,15-16H,1,9-10,13-14H2. The van der Waals surface area contributed by atoms with Gasteiger partial charge in [0.2, 0.25) is 0 Å². The van der Waals surface area contributed by atoms with Crippen LogP contribution in [0.3, 0.4) is 0 Å². The average molecular weight is 922 g/mol. The Labute approximate surface area is 377 Å². The number of halogens is 2. The van der Waals surface area contributed by atoms with Crippen LogP contribution in [0, 0.1) is 5.82 Å². The second-order valence-electron chi connectivity index (χ2n) is 15.5. The average Bonchev–Trinajstić information content (AvgIpc) is 4.05. The number of nitrogens with zero attached hydrogens (tertiary/aromatic N) is 8. The van der Waals surface area contributed by atoms with Crippen LogP contribution < -0.4 is 10.9 Å². The number of imidazole rings is 2. The van der Waals surface area contributed by atoms with Gasteiger partial charge in [0.15, 0.2) is 10.9 Å². The summed E-state index contributed by atoms with van der Waals surface area (Å²) < 4.78 is 29.9. The fraction of sp³-hybridized carbons (Fsp3) is 0.200. The van der Waals surface area contributed by atoms with E-state index in [9.17, 15) is 14.0 Å². The van der Waals surface area contributed by atoms with Gasteiger partial charge in [0.1, 0.15) is 17.0 Å². The summed E-state index contributed by atoms with van der Waals surface area (Å²) in [6, 6.07) is 25.2. The lowest BCUT2D eigenvalue weighted by Gasteiger charge is -2.22. The van der Waals surface area contributed by atoms with Crippen molar-refractivity contribution in [2.45, 2.75) is 52.1 Å². The van der Waals surface area contributed by atoms with E-state index in [1.807, 2.05) is 78.1 Å². The van der Waals surface area contributed by atoms with Crippen LogP contribution in [0.4, 0.5) is 4.39 Å². The van der Waals surface area contributed by atoms with Crippen LogP contribution in [0.15, 0.2) is 183 Å². The molecule has 0 radical (unpaired) electrons. The molecule has 0 saturated carbocycles. The Morgan fingerprint density at radius 3 is 1.53 bits per heavy atom. The third kappa shape index (κ3) is 11.8. The summed E-state index contributed by atoms with van der Waals surface area (Å²) in [6.07, 6.45) is 23.3. The molecule has 0 atom stereocenters. The number of hydrogen-bond donors (Lipinski definition) is 0. The van der Waals surface area contributed by atoms with E-state index in [2.05, 4.69) is 50.2 Å². The third-order valence-electron chi connectivity index (χ3n) is 10.8. The Bertz CT molecular complexity index is 2980. The van der Waals surface area contributed by atoms with E-state index in [1.165, 1.54) is 12.1 Å². The van der Waals surface area contributed by atoms with Gasteiger partial charge in [-0.25, -0.2) is 14.4 Å². The van der Waals surface area contributed by atoms with E-state index >= 15 is 0 Å². The summed E-state index contributed by atoms with van der Waals surface area (Å²) in [6.45, 7) is 5.83. The second kappa shape index (κ2) is 21.5. The van der Waals surface area contributed by atoms with Gasteiger partial charge in [-0.2, -0.15) is 0 Å². The monoisotopic (exact) mass is 920 g/mol. The first-order valence-electron chi connectivity index (χ1n) is 21.0. The molecule has 0 fully saturated rings. The Hall–Kier alpha value is -6.87. The maximum atomic E-state index is 13.3. The molecular weight excluding hydrogens is 876 g/mol. The minimum absolute atomic E-state index is 0.0214. The highest BCUT2D eigenvalue weighted by Gasteiger charge is 2.15. The molecular formula is C50H46BrFN8O4. The Kier molecular flexibility index (Phi) is 14.7. The van der Waals surface area contributed by atoms with Crippen LogP contribution >= 0.6 is 15.9 Å². The Morgan fingerprint density at radius 1 is 0.547 bits per heavy atom. The van der Waals surface area contributed by atoms with Crippen molar-refractivity contribution >= 4 is 37.9 Å². The zero-order valence-corrected chi connectivity index (χ0v) is 36.6. The van der Waals surface area contributed by atoms with Crippen molar-refractivity contribution in [3.05, 3.63) is 213 Å². The van der Waals surface area contributed by atoms with E-state index in [4.69, 9.17) is 8.83 Å². The van der Waals surface area contributed by atoms with Crippen LogP contribution in [0.1, 0.15) is 35.1 Å². The number of aryl methyl sites for hydroxylation is 2. The van der Waals surface area contributed by atoms with Gasteiger partial charge in [0, 0.05) is 118 Å². The van der Waals surface area contributed by atoms with Crippen LogP contribution in [-0.2, 0) is 39.3 Å². The number of aromatic nitrogens is 6. The van der Waals surface area contributed by atoms with Crippen LogP contribution in [0.5, 0.6) is 0 Å². The molecule has 64 heavy (non-hydrogen) atoms. The van der Waals surface area contributed by atoms with Crippen LogP contribution in [0.2, 0.25) is 0 Å². The van der Waals surface area contributed by atoms with E-state index < -0.39 is 0 Å². The summed E-state index contributed by atoms with van der Waals surface area (Å²) in [7, 11) is 0.